The highest BCUT2D eigenvalue weighted by Crippen LogP contribution is 2.16. The third kappa shape index (κ3) is 40.3. The molecule has 6 heteroatoms. The van der Waals surface area contributed by atoms with Gasteiger partial charge in [-0.2, -0.15) is 0 Å². The minimum absolute atomic E-state index is 0.00244. The molecular formula is C47H93NO5. The van der Waals surface area contributed by atoms with Crippen molar-refractivity contribution in [2.75, 3.05) is 13.2 Å². The molecule has 0 aromatic rings. The molecule has 1 amide bonds. The number of aliphatic hydroxyl groups is 2. The van der Waals surface area contributed by atoms with Gasteiger partial charge in [-0.25, -0.2) is 0 Å². The molecule has 316 valence electrons. The van der Waals surface area contributed by atoms with E-state index in [2.05, 4.69) is 19.2 Å². The van der Waals surface area contributed by atoms with Crippen LogP contribution in [-0.4, -0.2) is 47.4 Å². The molecule has 0 saturated heterocycles. The molecule has 0 spiro atoms. The van der Waals surface area contributed by atoms with Gasteiger partial charge in [0.1, 0.15) is 0 Å². The minimum Gasteiger partial charge on any atom is -0.466 e. The first-order chi connectivity index (χ1) is 26.0. The molecule has 0 aromatic carbocycles. The van der Waals surface area contributed by atoms with Gasteiger partial charge in [0.15, 0.2) is 0 Å². The number of unbranched alkanes of at least 4 members (excludes halogenated alkanes) is 33. The molecule has 2 unspecified atom stereocenters. The summed E-state index contributed by atoms with van der Waals surface area (Å²) in [6.45, 7) is 4.92. The van der Waals surface area contributed by atoms with Crippen molar-refractivity contribution in [2.24, 2.45) is 0 Å². The summed E-state index contributed by atoms with van der Waals surface area (Å²) in [6.07, 6.45) is 46.3. The van der Waals surface area contributed by atoms with Crippen LogP contribution in [0.3, 0.4) is 0 Å². The van der Waals surface area contributed by atoms with Crippen LogP contribution in [0.5, 0.6) is 0 Å². The molecule has 6 nitrogen and oxygen atoms in total. The second kappa shape index (κ2) is 43.6. The van der Waals surface area contributed by atoms with Crippen molar-refractivity contribution in [3.05, 3.63) is 0 Å². The van der Waals surface area contributed by atoms with Crippen molar-refractivity contribution >= 4 is 11.9 Å². The van der Waals surface area contributed by atoms with Crippen molar-refractivity contribution in [1.29, 1.82) is 0 Å². The Bertz CT molecular complexity index is 746. The molecule has 0 heterocycles. The van der Waals surface area contributed by atoms with E-state index in [-0.39, 0.29) is 18.5 Å². The predicted octanol–water partition coefficient (Wildman–Crippen LogP) is 13.6. The van der Waals surface area contributed by atoms with E-state index in [1.165, 1.54) is 180 Å². The van der Waals surface area contributed by atoms with E-state index in [1.54, 1.807) is 0 Å². The van der Waals surface area contributed by atoms with E-state index >= 15 is 0 Å². The Kier molecular flexibility index (Phi) is 42.6. The molecule has 2 atom stereocenters. The summed E-state index contributed by atoms with van der Waals surface area (Å²) in [6, 6.07) is -0.546. The van der Waals surface area contributed by atoms with Gasteiger partial charge in [-0.05, 0) is 25.7 Å². The lowest BCUT2D eigenvalue weighted by molar-refractivity contribution is -0.143. The van der Waals surface area contributed by atoms with Gasteiger partial charge in [0.25, 0.3) is 0 Å². The first kappa shape index (κ1) is 51.9. The van der Waals surface area contributed by atoms with E-state index in [1.807, 2.05) is 0 Å². The van der Waals surface area contributed by atoms with Crippen molar-refractivity contribution < 1.29 is 24.5 Å². The number of hydrogen-bond donors (Lipinski definition) is 3. The first-order valence-electron chi connectivity index (χ1n) is 23.8. The fourth-order valence-electron chi connectivity index (χ4n) is 7.46. The minimum atomic E-state index is -0.667. The molecular weight excluding hydrogens is 659 g/mol. The standard InChI is InChI=1S/C47H93NO5/c1-3-5-7-9-11-13-19-23-27-31-35-39-45(50)44(43-49)48-46(51)40-36-32-28-24-21-17-15-16-18-22-26-30-34-38-42-53-47(52)41-37-33-29-25-20-14-12-10-8-6-4-2/h44-45,49-50H,3-43H2,1-2H3,(H,48,51). The van der Waals surface area contributed by atoms with Crippen molar-refractivity contribution in [2.45, 2.75) is 276 Å². The summed E-state index contributed by atoms with van der Waals surface area (Å²) in [5, 5.41) is 23.1. The number of aliphatic hydroxyl groups excluding tert-OH is 2. The Morgan fingerprint density at radius 2 is 0.774 bits per heavy atom. The quantitative estimate of drug-likeness (QED) is 0.0425. The molecule has 0 aliphatic rings. The van der Waals surface area contributed by atoms with Crippen molar-refractivity contribution in [1.82, 2.24) is 5.32 Å². The van der Waals surface area contributed by atoms with Gasteiger partial charge in [0.05, 0.1) is 25.4 Å². The zero-order valence-corrected chi connectivity index (χ0v) is 35.8. The number of carbonyl (C=O) groups is 2. The van der Waals surface area contributed by atoms with Crippen LogP contribution < -0.4 is 5.32 Å². The number of amides is 1. The molecule has 0 fully saturated rings. The van der Waals surface area contributed by atoms with Gasteiger partial charge in [0, 0.05) is 12.8 Å². The summed E-state index contributed by atoms with van der Waals surface area (Å²) >= 11 is 0. The normalized spacial score (nSPS) is 12.6. The van der Waals surface area contributed by atoms with Crippen LogP contribution in [0.15, 0.2) is 0 Å². The zero-order valence-electron chi connectivity index (χ0n) is 35.8. The maximum absolute atomic E-state index is 12.4. The van der Waals surface area contributed by atoms with Gasteiger partial charge < -0.3 is 20.3 Å². The van der Waals surface area contributed by atoms with Gasteiger partial charge in [-0.15, -0.1) is 0 Å². The summed E-state index contributed by atoms with van der Waals surface area (Å²) < 4.78 is 5.44. The topological polar surface area (TPSA) is 95.9 Å². The Hall–Kier alpha value is -1.14. The summed E-state index contributed by atoms with van der Waals surface area (Å²) in [4.78, 5) is 24.3. The highest BCUT2D eigenvalue weighted by Gasteiger charge is 2.20. The molecule has 0 saturated carbocycles. The summed E-state index contributed by atoms with van der Waals surface area (Å²) in [5.74, 6) is -0.0483. The number of esters is 1. The van der Waals surface area contributed by atoms with E-state index in [9.17, 15) is 19.8 Å². The van der Waals surface area contributed by atoms with Crippen LogP contribution in [0.2, 0.25) is 0 Å². The Morgan fingerprint density at radius 3 is 1.15 bits per heavy atom. The third-order valence-electron chi connectivity index (χ3n) is 11.2. The Morgan fingerprint density at radius 1 is 0.453 bits per heavy atom. The molecule has 53 heavy (non-hydrogen) atoms. The van der Waals surface area contributed by atoms with Crippen LogP contribution in [-0.2, 0) is 14.3 Å². The number of carbonyl (C=O) groups excluding carboxylic acids is 2. The number of rotatable bonds is 44. The molecule has 0 aliphatic heterocycles. The largest absolute Gasteiger partial charge is 0.466 e. The summed E-state index contributed by atoms with van der Waals surface area (Å²) in [7, 11) is 0. The second-order valence-electron chi connectivity index (χ2n) is 16.5. The highest BCUT2D eigenvalue weighted by atomic mass is 16.5. The summed E-state index contributed by atoms with van der Waals surface area (Å²) in [5.41, 5.74) is 0. The number of ether oxygens (including phenoxy) is 1. The lowest BCUT2D eigenvalue weighted by Gasteiger charge is -2.22. The van der Waals surface area contributed by atoms with Gasteiger partial charge in [-0.3, -0.25) is 9.59 Å². The lowest BCUT2D eigenvalue weighted by atomic mass is 10.0. The van der Waals surface area contributed by atoms with Crippen LogP contribution in [0.25, 0.3) is 0 Å². The van der Waals surface area contributed by atoms with Crippen LogP contribution in [0, 0.1) is 0 Å². The first-order valence-corrected chi connectivity index (χ1v) is 23.8. The molecule has 0 radical (unpaired) electrons. The average Bonchev–Trinajstić information content (AvgIpc) is 3.16. The number of nitrogens with one attached hydrogen (secondary N) is 1. The second-order valence-corrected chi connectivity index (χ2v) is 16.5. The molecule has 0 bridgehead atoms. The fraction of sp³-hybridized carbons (Fsp3) is 0.957. The Balaban J connectivity index is 3.43. The molecule has 0 aromatic heterocycles. The van der Waals surface area contributed by atoms with Crippen LogP contribution in [0.1, 0.15) is 264 Å². The molecule has 3 N–H and O–H groups in total. The number of hydrogen-bond acceptors (Lipinski definition) is 5. The fourth-order valence-corrected chi connectivity index (χ4v) is 7.46. The SMILES string of the molecule is CCCCCCCCCCCCCC(=O)OCCCCCCCCCCCCCCCCC(=O)NC(CO)C(O)CCCCCCCCCCCCC. The van der Waals surface area contributed by atoms with E-state index in [4.69, 9.17) is 4.74 Å². The van der Waals surface area contributed by atoms with E-state index in [0.29, 0.717) is 25.9 Å². The zero-order chi connectivity index (χ0) is 38.7. The van der Waals surface area contributed by atoms with Crippen molar-refractivity contribution in [3.8, 4) is 0 Å². The lowest BCUT2D eigenvalue weighted by Crippen LogP contribution is -2.45. The maximum atomic E-state index is 12.4. The Labute approximate surface area is 330 Å². The van der Waals surface area contributed by atoms with E-state index < -0.39 is 12.1 Å². The maximum Gasteiger partial charge on any atom is 0.305 e. The predicted molar refractivity (Wildman–Crippen MR) is 227 cm³/mol. The van der Waals surface area contributed by atoms with Gasteiger partial charge in [-0.1, -0.05) is 226 Å². The van der Waals surface area contributed by atoms with Crippen LogP contribution >= 0.6 is 0 Å². The molecule has 0 aliphatic carbocycles. The smallest absolute Gasteiger partial charge is 0.305 e. The van der Waals surface area contributed by atoms with Crippen LogP contribution in [0.4, 0.5) is 0 Å². The van der Waals surface area contributed by atoms with E-state index in [0.717, 1.165) is 51.4 Å². The highest BCUT2D eigenvalue weighted by molar-refractivity contribution is 5.76. The van der Waals surface area contributed by atoms with Gasteiger partial charge >= 0.3 is 5.97 Å². The van der Waals surface area contributed by atoms with Gasteiger partial charge in [0.2, 0.25) is 5.91 Å². The molecule has 0 rings (SSSR count). The average molecular weight is 752 g/mol. The monoisotopic (exact) mass is 752 g/mol. The van der Waals surface area contributed by atoms with Crippen molar-refractivity contribution in [3.63, 3.8) is 0 Å². The third-order valence-corrected chi connectivity index (χ3v) is 11.2.